The first-order valence-electron chi connectivity index (χ1n) is 11.8. The van der Waals surface area contributed by atoms with Crippen LogP contribution in [0.5, 0.6) is 0 Å². The van der Waals surface area contributed by atoms with Crippen molar-refractivity contribution in [1.82, 2.24) is 15.5 Å². The molecule has 33 heavy (non-hydrogen) atoms. The first kappa shape index (κ1) is 24.5. The van der Waals surface area contributed by atoms with Gasteiger partial charge in [0.05, 0.1) is 0 Å². The van der Waals surface area contributed by atoms with Crippen LogP contribution < -0.4 is 10.6 Å². The number of amides is 3. The summed E-state index contributed by atoms with van der Waals surface area (Å²) in [7, 11) is 0. The molecule has 1 heterocycles. The highest BCUT2D eigenvalue weighted by Gasteiger charge is 2.34. The van der Waals surface area contributed by atoms with Crippen molar-refractivity contribution in [2.75, 3.05) is 13.1 Å². The van der Waals surface area contributed by atoms with Crippen LogP contribution in [0.3, 0.4) is 0 Å². The van der Waals surface area contributed by atoms with Crippen LogP contribution >= 0.6 is 0 Å². The molecule has 0 bridgehead atoms. The maximum atomic E-state index is 13.1. The van der Waals surface area contributed by atoms with E-state index in [1.807, 2.05) is 75.1 Å². The summed E-state index contributed by atoms with van der Waals surface area (Å²) in [5.74, 6) is -0.421. The topological polar surface area (TPSA) is 78.5 Å². The van der Waals surface area contributed by atoms with Crippen LogP contribution in [-0.4, -0.2) is 47.8 Å². The normalized spacial score (nSPS) is 16.1. The van der Waals surface area contributed by atoms with E-state index in [-0.39, 0.29) is 29.7 Å². The summed E-state index contributed by atoms with van der Waals surface area (Å²) in [6.07, 6.45) is 2.13. The van der Waals surface area contributed by atoms with Crippen LogP contribution in [0.2, 0.25) is 0 Å². The second kappa shape index (κ2) is 11.1. The molecule has 6 nitrogen and oxygen atoms in total. The van der Waals surface area contributed by atoms with Crippen molar-refractivity contribution < 1.29 is 14.4 Å². The number of rotatable bonds is 7. The number of nitrogens with zero attached hydrogens (tertiary/aromatic N) is 1. The molecule has 3 amide bonds. The Morgan fingerprint density at radius 3 is 2.33 bits per heavy atom. The zero-order valence-electron chi connectivity index (χ0n) is 20.1. The highest BCUT2D eigenvalue weighted by molar-refractivity contribution is 5.99. The van der Waals surface area contributed by atoms with E-state index in [0.717, 1.165) is 17.5 Å². The van der Waals surface area contributed by atoms with Crippen molar-refractivity contribution >= 4 is 17.7 Å². The first-order valence-corrected chi connectivity index (χ1v) is 11.8. The Morgan fingerprint density at radius 1 is 1.00 bits per heavy atom. The predicted octanol–water partition coefficient (Wildman–Crippen LogP) is 3.87. The Hall–Kier alpha value is -3.15. The lowest BCUT2D eigenvalue weighted by atomic mass is 9.88. The Bertz CT molecular complexity index is 996. The van der Waals surface area contributed by atoms with Gasteiger partial charge in [0.25, 0.3) is 11.8 Å². The lowest BCUT2D eigenvalue weighted by molar-refractivity contribution is -0.125. The van der Waals surface area contributed by atoms with Gasteiger partial charge in [-0.2, -0.15) is 0 Å². The molecule has 6 heteroatoms. The largest absolute Gasteiger partial charge is 0.352 e. The second-order valence-corrected chi connectivity index (χ2v) is 9.08. The van der Waals surface area contributed by atoms with Gasteiger partial charge >= 0.3 is 0 Å². The third kappa shape index (κ3) is 6.21. The van der Waals surface area contributed by atoms with E-state index < -0.39 is 6.04 Å². The zero-order chi connectivity index (χ0) is 24.0. The third-order valence-corrected chi connectivity index (χ3v) is 6.52. The molecule has 1 saturated heterocycles. The molecule has 0 spiro atoms. The summed E-state index contributed by atoms with van der Waals surface area (Å²) in [5.41, 5.74) is 3.18. The van der Waals surface area contributed by atoms with E-state index in [1.54, 1.807) is 6.07 Å². The van der Waals surface area contributed by atoms with Gasteiger partial charge in [0, 0.05) is 30.3 Å². The van der Waals surface area contributed by atoms with E-state index in [0.29, 0.717) is 37.1 Å². The molecule has 0 aliphatic carbocycles. The minimum absolute atomic E-state index is 0.0155. The zero-order valence-corrected chi connectivity index (χ0v) is 20.1. The van der Waals surface area contributed by atoms with E-state index in [4.69, 9.17) is 0 Å². The van der Waals surface area contributed by atoms with Gasteiger partial charge in [-0.05, 0) is 69.7 Å². The Balaban J connectivity index is 1.71. The number of nitrogens with one attached hydrogen (secondary N) is 2. The van der Waals surface area contributed by atoms with Crippen LogP contribution in [0, 0.1) is 19.8 Å². The molecular formula is C27H35N3O3. The first-order chi connectivity index (χ1) is 15.8. The van der Waals surface area contributed by atoms with Gasteiger partial charge in [0.15, 0.2) is 0 Å². The van der Waals surface area contributed by atoms with Gasteiger partial charge < -0.3 is 15.5 Å². The number of likely N-dealkylation sites (tertiary alicyclic amines) is 1. The molecule has 1 aliphatic rings. The highest BCUT2D eigenvalue weighted by Crippen LogP contribution is 2.23. The SMILES string of the molecule is CC[C@@H](C)NC(=O)[C@H](NC(=O)c1ccccc1C)C1CCN(C(=O)c2cccc(C)c2)CC1. The van der Waals surface area contributed by atoms with Crippen molar-refractivity contribution in [1.29, 1.82) is 0 Å². The fourth-order valence-corrected chi connectivity index (χ4v) is 4.28. The molecular weight excluding hydrogens is 414 g/mol. The molecule has 2 atom stereocenters. The van der Waals surface area contributed by atoms with Gasteiger partial charge in [0.2, 0.25) is 5.91 Å². The number of hydrogen-bond acceptors (Lipinski definition) is 3. The lowest BCUT2D eigenvalue weighted by Gasteiger charge is -2.36. The molecule has 0 radical (unpaired) electrons. The standard InChI is InChI=1S/C27H35N3O3/c1-5-20(4)28-26(32)24(29-25(31)23-12-7-6-10-19(23)3)21-13-15-30(16-14-21)27(33)22-11-8-9-18(2)17-22/h6-12,17,20-21,24H,5,13-16H2,1-4H3,(H,28,32)(H,29,31)/t20-,24-/m1/s1. The number of carbonyl (C=O) groups excluding carboxylic acids is 3. The van der Waals surface area contributed by atoms with Crippen LogP contribution in [0.25, 0.3) is 0 Å². The van der Waals surface area contributed by atoms with E-state index in [9.17, 15) is 14.4 Å². The number of piperidine rings is 1. The maximum Gasteiger partial charge on any atom is 0.253 e. The lowest BCUT2D eigenvalue weighted by Crippen LogP contribution is -2.55. The van der Waals surface area contributed by atoms with Crippen molar-refractivity contribution in [2.24, 2.45) is 5.92 Å². The summed E-state index contributed by atoms with van der Waals surface area (Å²) >= 11 is 0. The van der Waals surface area contributed by atoms with E-state index >= 15 is 0 Å². The molecule has 3 rings (SSSR count). The van der Waals surface area contributed by atoms with Crippen LogP contribution in [0.1, 0.15) is 65.0 Å². The molecule has 1 aliphatic heterocycles. The summed E-state index contributed by atoms with van der Waals surface area (Å²) in [6, 6.07) is 14.4. The molecule has 2 aromatic rings. The Kier molecular flexibility index (Phi) is 8.26. The van der Waals surface area contributed by atoms with Crippen LogP contribution in [0.4, 0.5) is 0 Å². The molecule has 0 saturated carbocycles. The number of carbonyl (C=O) groups is 3. The Labute approximate surface area is 196 Å². The van der Waals surface area contributed by atoms with Gasteiger partial charge in [-0.15, -0.1) is 0 Å². The van der Waals surface area contributed by atoms with Crippen molar-refractivity contribution in [3.05, 3.63) is 70.8 Å². The second-order valence-electron chi connectivity index (χ2n) is 9.08. The molecule has 2 N–H and O–H groups in total. The monoisotopic (exact) mass is 449 g/mol. The molecule has 0 aromatic heterocycles. The summed E-state index contributed by atoms with van der Waals surface area (Å²) in [5, 5.41) is 6.03. The van der Waals surface area contributed by atoms with Crippen molar-refractivity contribution in [2.45, 2.75) is 59.0 Å². The summed E-state index contributed by atoms with van der Waals surface area (Å²) < 4.78 is 0. The molecule has 0 unspecified atom stereocenters. The van der Waals surface area contributed by atoms with E-state index in [1.165, 1.54) is 0 Å². The molecule has 176 valence electrons. The summed E-state index contributed by atoms with van der Waals surface area (Å²) in [4.78, 5) is 40.9. The van der Waals surface area contributed by atoms with Gasteiger partial charge in [-0.25, -0.2) is 0 Å². The van der Waals surface area contributed by atoms with Crippen LogP contribution in [-0.2, 0) is 4.79 Å². The number of benzene rings is 2. The minimum Gasteiger partial charge on any atom is -0.352 e. The minimum atomic E-state index is -0.637. The fourth-order valence-electron chi connectivity index (χ4n) is 4.28. The summed E-state index contributed by atoms with van der Waals surface area (Å²) in [6.45, 7) is 8.96. The quantitative estimate of drug-likeness (QED) is 0.674. The highest BCUT2D eigenvalue weighted by atomic mass is 16.2. The number of hydrogen-bond donors (Lipinski definition) is 2. The average molecular weight is 450 g/mol. The van der Waals surface area contributed by atoms with Gasteiger partial charge in [0.1, 0.15) is 6.04 Å². The number of aryl methyl sites for hydroxylation is 2. The maximum absolute atomic E-state index is 13.1. The third-order valence-electron chi connectivity index (χ3n) is 6.52. The molecule has 2 aromatic carbocycles. The predicted molar refractivity (Wildman–Crippen MR) is 130 cm³/mol. The van der Waals surface area contributed by atoms with Crippen molar-refractivity contribution in [3.63, 3.8) is 0 Å². The van der Waals surface area contributed by atoms with Crippen LogP contribution in [0.15, 0.2) is 48.5 Å². The smallest absolute Gasteiger partial charge is 0.253 e. The molecule has 1 fully saturated rings. The van der Waals surface area contributed by atoms with E-state index in [2.05, 4.69) is 10.6 Å². The fraction of sp³-hybridized carbons (Fsp3) is 0.444. The average Bonchev–Trinajstić information content (AvgIpc) is 2.82. The Morgan fingerprint density at radius 2 is 1.70 bits per heavy atom. The van der Waals surface area contributed by atoms with Crippen molar-refractivity contribution in [3.8, 4) is 0 Å². The van der Waals surface area contributed by atoms with Gasteiger partial charge in [-0.3, -0.25) is 14.4 Å². The van der Waals surface area contributed by atoms with Gasteiger partial charge in [-0.1, -0.05) is 42.8 Å².